The van der Waals surface area contributed by atoms with Crippen molar-refractivity contribution in [2.75, 3.05) is 14.2 Å². The fraction of sp³-hybridized carbons (Fsp3) is 0.333. The van der Waals surface area contributed by atoms with Crippen LogP contribution in [0.3, 0.4) is 0 Å². The van der Waals surface area contributed by atoms with E-state index in [1.165, 1.54) is 0 Å². The van der Waals surface area contributed by atoms with Gasteiger partial charge in [0.25, 0.3) is 0 Å². The summed E-state index contributed by atoms with van der Waals surface area (Å²) in [6.07, 6.45) is 1.71. The van der Waals surface area contributed by atoms with E-state index in [0.29, 0.717) is 5.75 Å². The summed E-state index contributed by atoms with van der Waals surface area (Å²) in [5, 5.41) is 10.0. The van der Waals surface area contributed by atoms with Crippen LogP contribution in [0.2, 0.25) is 0 Å². The topological polar surface area (TPSA) is 47.9 Å². The van der Waals surface area contributed by atoms with E-state index in [-0.39, 0.29) is 11.9 Å². The van der Waals surface area contributed by atoms with E-state index in [0.717, 1.165) is 41.0 Å². The van der Waals surface area contributed by atoms with Gasteiger partial charge in [0.2, 0.25) is 0 Å². The molecule has 0 fully saturated rings. The third-order valence-electron chi connectivity index (χ3n) is 4.18. The third-order valence-corrected chi connectivity index (χ3v) is 4.18. The van der Waals surface area contributed by atoms with Gasteiger partial charge in [-0.15, -0.1) is 0 Å². The summed E-state index contributed by atoms with van der Waals surface area (Å²) >= 11 is 0. The van der Waals surface area contributed by atoms with Crippen molar-refractivity contribution < 1.29 is 19.3 Å². The summed E-state index contributed by atoms with van der Waals surface area (Å²) < 4.78 is 16.7. The molecule has 1 aliphatic heterocycles. The van der Waals surface area contributed by atoms with Crippen molar-refractivity contribution in [1.29, 1.82) is 0 Å². The van der Waals surface area contributed by atoms with Crippen molar-refractivity contribution in [3.05, 3.63) is 47.0 Å². The van der Waals surface area contributed by atoms with Crippen LogP contribution in [0.15, 0.2) is 30.3 Å². The maximum atomic E-state index is 10.0. The number of methoxy groups -OCH3 is 2. The Morgan fingerprint density at radius 1 is 1.14 bits per heavy atom. The highest BCUT2D eigenvalue weighted by Crippen LogP contribution is 2.44. The maximum absolute atomic E-state index is 10.0. The van der Waals surface area contributed by atoms with E-state index in [1.54, 1.807) is 20.3 Å². The van der Waals surface area contributed by atoms with E-state index in [1.807, 2.05) is 31.2 Å². The third kappa shape index (κ3) is 2.45. The number of phenols is 1. The van der Waals surface area contributed by atoms with Gasteiger partial charge < -0.3 is 19.3 Å². The average molecular weight is 300 g/mol. The predicted molar refractivity (Wildman–Crippen MR) is 84.1 cm³/mol. The number of phenolic OH excluding ortho intramolecular Hbond substituents is 1. The van der Waals surface area contributed by atoms with Gasteiger partial charge in [-0.05, 0) is 37.5 Å². The lowest BCUT2D eigenvalue weighted by molar-refractivity contribution is 0.173. The smallest absolute Gasteiger partial charge is 0.132 e. The highest BCUT2D eigenvalue weighted by atomic mass is 16.5. The number of aromatic hydroxyl groups is 1. The number of hydrogen-bond acceptors (Lipinski definition) is 4. The largest absolute Gasteiger partial charge is 0.507 e. The average Bonchev–Trinajstić information content (AvgIpc) is 2.56. The molecule has 2 aromatic carbocycles. The molecule has 1 N–H and O–H groups in total. The second kappa shape index (κ2) is 5.79. The molecule has 3 rings (SSSR count). The second-order valence-corrected chi connectivity index (χ2v) is 5.45. The molecule has 1 heterocycles. The first-order chi connectivity index (χ1) is 10.6. The van der Waals surface area contributed by atoms with E-state index in [9.17, 15) is 5.11 Å². The Balaban J connectivity index is 1.91. The van der Waals surface area contributed by atoms with Crippen molar-refractivity contribution in [3.63, 3.8) is 0 Å². The molecular formula is C18H20O4. The van der Waals surface area contributed by atoms with Gasteiger partial charge in [0, 0.05) is 17.2 Å². The van der Waals surface area contributed by atoms with Crippen LogP contribution >= 0.6 is 0 Å². The van der Waals surface area contributed by atoms with Gasteiger partial charge >= 0.3 is 0 Å². The molecule has 2 aromatic rings. The summed E-state index contributed by atoms with van der Waals surface area (Å²) in [7, 11) is 3.28. The molecule has 0 aromatic heterocycles. The van der Waals surface area contributed by atoms with Gasteiger partial charge in [0.15, 0.2) is 0 Å². The molecule has 0 radical (unpaired) electrons. The monoisotopic (exact) mass is 300 g/mol. The van der Waals surface area contributed by atoms with Gasteiger partial charge in [-0.2, -0.15) is 0 Å². The molecule has 0 aliphatic carbocycles. The molecule has 1 atom stereocenters. The minimum atomic E-state index is -0.0229. The molecule has 116 valence electrons. The quantitative estimate of drug-likeness (QED) is 0.937. The Kier molecular flexibility index (Phi) is 3.84. The van der Waals surface area contributed by atoms with Gasteiger partial charge in [-0.1, -0.05) is 12.1 Å². The fourth-order valence-electron chi connectivity index (χ4n) is 2.93. The summed E-state index contributed by atoms with van der Waals surface area (Å²) in [6, 6.07) is 9.57. The highest BCUT2D eigenvalue weighted by Gasteiger charge is 2.26. The minimum absolute atomic E-state index is 0.0229. The molecule has 4 nitrogen and oxygen atoms in total. The second-order valence-electron chi connectivity index (χ2n) is 5.45. The standard InChI is InChI=1S/C18H20O4/c1-11-15(19)10-17-14(18(11)21-3)8-9-16(22-17)12-4-6-13(20-2)7-5-12/h4-7,10,16,19H,8-9H2,1-3H3. The predicted octanol–water partition coefficient (Wildman–Crippen LogP) is 3.78. The highest BCUT2D eigenvalue weighted by molar-refractivity contribution is 5.57. The molecule has 0 bridgehead atoms. The first-order valence-corrected chi connectivity index (χ1v) is 7.34. The Morgan fingerprint density at radius 3 is 2.50 bits per heavy atom. The summed E-state index contributed by atoms with van der Waals surface area (Å²) in [6.45, 7) is 1.85. The van der Waals surface area contributed by atoms with Crippen LogP contribution in [0.1, 0.15) is 29.2 Å². The van der Waals surface area contributed by atoms with Crippen LogP contribution in [-0.2, 0) is 6.42 Å². The number of fused-ring (bicyclic) bond motifs is 1. The number of hydrogen-bond donors (Lipinski definition) is 1. The minimum Gasteiger partial charge on any atom is -0.507 e. The lowest BCUT2D eigenvalue weighted by atomic mass is 9.95. The van der Waals surface area contributed by atoms with Crippen LogP contribution in [0.25, 0.3) is 0 Å². The van der Waals surface area contributed by atoms with Gasteiger partial charge in [-0.25, -0.2) is 0 Å². The number of ether oxygens (including phenoxy) is 3. The fourth-order valence-corrected chi connectivity index (χ4v) is 2.93. The lowest BCUT2D eigenvalue weighted by Crippen LogP contribution is -2.16. The van der Waals surface area contributed by atoms with Crippen LogP contribution in [-0.4, -0.2) is 19.3 Å². The molecular weight excluding hydrogens is 280 g/mol. The Labute approximate surface area is 130 Å². The maximum Gasteiger partial charge on any atom is 0.132 e. The van der Waals surface area contributed by atoms with Gasteiger partial charge in [-0.3, -0.25) is 0 Å². The van der Waals surface area contributed by atoms with Crippen LogP contribution < -0.4 is 14.2 Å². The first kappa shape index (κ1) is 14.6. The van der Waals surface area contributed by atoms with Crippen molar-refractivity contribution in [1.82, 2.24) is 0 Å². The lowest BCUT2D eigenvalue weighted by Gasteiger charge is -2.28. The summed E-state index contributed by atoms with van der Waals surface area (Å²) in [4.78, 5) is 0. The Bertz CT molecular complexity index is 676. The van der Waals surface area contributed by atoms with E-state index in [4.69, 9.17) is 14.2 Å². The molecule has 0 spiro atoms. The van der Waals surface area contributed by atoms with Crippen molar-refractivity contribution in [2.45, 2.75) is 25.9 Å². The van der Waals surface area contributed by atoms with Crippen molar-refractivity contribution in [3.8, 4) is 23.0 Å². The first-order valence-electron chi connectivity index (χ1n) is 7.34. The number of benzene rings is 2. The molecule has 0 saturated carbocycles. The Morgan fingerprint density at radius 2 is 1.86 bits per heavy atom. The van der Waals surface area contributed by atoms with E-state index in [2.05, 4.69) is 0 Å². The summed E-state index contributed by atoms with van der Waals surface area (Å²) in [5.41, 5.74) is 2.89. The zero-order valence-electron chi connectivity index (χ0n) is 13.1. The normalized spacial score (nSPS) is 16.6. The zero-order chi connectivity index (χ0) is 15.7. The molecule has 0 saturated heterocycles. The molecule has 0 amide bonds. The van der Waals surface area contributed by atoms with Crippen LogP contribution in [0, 0.1) is 6.92 Å². The van der Waals surface area contributed by atoms with Crippen molar-refractivity contribution in [2.24, 2.45) is 0 Å². The van der Waals surface area contributed by atoms with Gasteiger partial charge in [0.1, 0.15) is 29.1 Å². The molecule has 22 heavy (non-hydrogen) atoms. The molecule has 1 unspecified atom stereocenters. The van der Waals surface area contributed by atoms with Crippen LogP contribution in [0.4, 0.5) is 0 Å². The van der Waals surface area contributed by atoms with Gasteiger partial charge in [0.05, 0.1) is 14.2 Å². The van der Waals surface area contributed by atoms with E-state index < -0.39 is 0 Å². The molecule has 4 heteroatoms. The summed E-state index contributed by atoms with van der Waals surface area (Å²) in [5.74, 6) is 2.45. The number of rotatable bonds is 3. The van der Waals surface area contributed by atoms with Crippen LogP contribution in [0.5, 0.6) is 23.0 Å². The van der Waals surface area contributed by atoms with E-state index >= 15 is 0 Å². The zero-order valence-corrected chi connectivity index (χ0v) is 13.1. The van der Waals surface area contributed by atoms with Crippen molar-refractivity contribution >= 4 is 0 Å². The molecule has 1 aliphatic rings. The Hall–Kier alpha value is -2.36. The SMILES string of the molecule is COc1ccc(C2CCc3c(cc(O)c(C)c3OC)O2)cc1.